The number of esters is 1. The van der Waals surface area contributed by atoms with Crippen LogP contribution in [0.3, 0.4) is 0 Å². The molecule has 1 aliphatic rings. The number of nitrogens with zero attached hydrogens (tertiary/aromatic N) is 1. The second-order valence-corrected chi connectivity index (χ2v) is 4.18. The van der Waals surface area contributed by atoms with Crippen molar-refractivity contribution in [1.82, 2.24) is 0 Å². The fourth-order valence-electron chi connectivity index (χ4n) is 1.96. The lowest BCUT2D eigenvalue weighted by Gasteiger charge is -2.37. The molecular formula is C10H20BrNO2. The van der Waals surface area contributed by atoms with Gasteiger partial charge >= 0.3 is 5.97 Å². The molecule has 0 aromatic carbocycles. The minimum atomic E-state index is -0.0788. The Balaban J connectivity index is 0.00000169. The van der Waals surface area contributed by atoms with Crippen LogP contribution in [0.15, 0.2) is 0 Å². The van der Waals surface area contributed by atoms with E-state index in [1.807, 2.05) is 0 Å². The molecule has 0 radical (unpaired) electrons. The van der Waals surface area contributed by atoms with E-state index in [0.717, 1.165) is 11.0 Å². The molecule has 1 fully saturated rings. The van der Waals surface area contributed by atoms with Gasteiger partial charge in [0.05, 0.1) is 40.2 Å². The number of rotatable bonds is 3. The third-order valence-corrected chi connectivity index (χ3v) is 2.98. The first-order valence-electron chi connectivity index (χ1n) is 5.07. The molecule has 0 aromatic heterocycles. The summed E-state index contributed by atoms with van der Waals surface area (Å²) in [6.45, 7) is 3.38. The Morgan fingerprint density at radius 3 is 2.36 bits per heavy atom. The molecule has 0 saturated carbocycles. The number of likely N-dealkylation sites (tertiary alicyclic amines) is 1. The number of halogens is 1. The number of quaternary nitrogens is 1. The minimum Gasteiger partial charge on any atom is -1.00 e. The smallest absolute Gasteiger partial charge is 0.311 e. The molecule has 0 N–H and O–H groups in total. The fourth-order valence-corrected chi connectivity index (χ4v) is 1.96. The maximum Gasteiger partial charge on any atom is 0.311 e. The van der Waals surface area contributed by atoms with Crippen molar-refractivity contribution in [2.45, 2.75) is 25.7 Å². The van der Waals surface area contributed by atoms with E-state index >= 15 is 0 Å². The molecule has 0 spiro atoms. The van der Waals surface area contributed by atoms with E-state index in [1.54, 1.807) is 0 Å². The highest BCUT2D eigenvalue weighted by Crippen LogP contribution is 2.16. The molecule has 0 unspecified atom stereocenters. The van der Waals surface area contributed by atoms with Gasteiger partial charge in [0.2, 0.25) is 0 Å². The van der Waals surface area contributed by atoms with Crippen molar-refractivity contribution >= 4 is 5.97 Å². The van der Waals surface area contributed by atoms with E-state index in [1.165, 1.54) is 39.5 Å². The topological polar surface area (TPSA) is 26.3 Å². The van der Waals surface area contributed by atoms with Crippen molar-refractivity contribution in [3.05, 3.63) is 0 Å². The van der Waals surface area contributed by atoms with Gasteiger partial charge in [0.25, 0.3) is 0 Å². The Bertz CT molecular complexity index is 179. The zero-order chi connectivity index (χ0) is 9.73. The van der Waals surface area contributed by atoms with Gasteiger partial charge in [-0.2, -0.15) is 0 Å². The molecule has 1 aliphatic heterocycles. The first-order valence-corrected chi connectivity index (χ1v) is 5.07. The summed E-state index contributed by atoms with van der Waals surface area (Å²) in [4.78, 5) is 11.0. The number of hydrogen-bond acceptors (Lipinski definition) is 2. The monoisotopic (exact) mass is 265 g/mol. The average molecular weight is 266 g/mol. The minimum absolute atomic E-state index is 0. The van der Waals surface area contributed by atoms with Crippen LogP contribution in [0.5, 0.6) is 0 Å². The Morgan fingerprint density at radius 2 is 1.86 bits per heavy atom. The molecule has 0 amide bonds. The van der Waals surface area contributed by atoms with Crippen LogP contribution in [-0.4, -0.2) is 44.2 Å². The molecule has 1 heterocycles. The van der Waals surface area contributed by atoms with E-state index in [9.17, 15) is 4.79 Å². The molecule has 3 nitrogen and oxygen atoms in total. The van der Waals surface area contributed by atoms with Crippen LogP contribution < -0.4 is 17.0 Å². The van der Waals surface area contributed by atoms with Gasteiger partial charge in [0.1, 0.15) is 0 Å². The van der Waals surface area contributed by atoms with E-state index in [4.69, 9.17) is 0 Å². The molecule has 1 saturated heterocycles. The Kier molecular flexibility index (Phi) is 6.36. The highest BCUT2D eigenvalue weighted by molar-refractivity contribution is 5.69. The second kappa shape index (κ2) is 6.40. The molecule has 0 aliphatic carbocycles. The van der Waals surface area contributed by atoms with Gasteiger partial charge in [-0.05, 0) is 19.3 Å². The van der Waals surface area contributed by atoms with Crippen LogP contribution in [0, 0.1) is 0 Å². The first-order chi connectivity index (χ1) is 6.16. The van der Waals surface area contributed by atoms with E-state index in [-0.39, 0.29) is 23.0 Å². The maximum atomic E-state index is 11.0. The number of ether oxygens (including phenoxy) is 1. The van der Waals surface area contributed by atoms with Gasteiger partial charge in [-0.1, -0.05) is 0 Å². The van der Waals surface area contributed by atoms with Crippen molar-refractivity contribution in [2.24, 2.45) is 0 Å². The van der Waals surface area contributed by atoms with Gasteiger partial charge in [0.15, 0.2) is 0 Å². The van der Waals surface area contributed by atoms with Crippen molar-refractivity contribution in [3.63, 3.8) is 0 Å². The lowest BCUT2D eigenvalue weighted by molar-refractivity contribution is -0.913. The summed E-state index contributed by atoms with van der Waals surface area (Å²) in [6, 6.07) is 0. The van der Waals surface area contributed by atoms with Gasteiger partial charge in [0, 0.05) is 0 Å². The largest absolute Gasteiger partial charge is 1.00 e. The summed E-state index contributed by atoms with van der Waals surface area (Å²) in [7, 11) is 3.70. The summed E-state index contributed by atoms with van der Waals surface area (Å²) in [6.07, 6.45) is 4.52. The summed E-state index contributed by atoms with van der Waals surface area (Å²) in [5.74, 6) is -0.0788. The molecule has 84 valence electrons. The van der Waals surface area contributed by atoms with E-state index in [2.05, 4.69) is 11.8 Å². The highest BCUT2D eigenvalue weighted by Gasteiger charge is 2.25. The van der Waals surface area contributed by atoms with Gasteiger partial charge in [-0.25, -0.2) is 0 Å². The Morgan fingerprint density at radius 1 is 1.29 bits per heavy atom. The highest BCUT2D eigenvalue weighted by atomic mass is 79.9. The normalized spacial score (nSPS) is 19.6. The van der Waals surface area contributed by atoms with Crippen LogP contribution >= 0.6 is 0 Å². The zero-order valence-corrected chi connectivity index (χ0v) is 10.7. The lowest BCUT2D eigenvalue weighted by atomic mass is 10.1. The second-order valence-electron chi connectivity index (χ2n) is 4.18. The van der Waals surface area contributed by atoms with Gasteiger partial charge in [-0.15, -0.1) is 0 Å². The molecular weight excluding hydrogens is 246 g/mol. The fraction of sp³-hybridized carbons (Fsp3) is 0.900. The molecule has 0 atom stereocenters. The van der Waals surface area contributed by atoms with Crippen LogP contribution in [0.4, 0.5) is 0 Å². The summed E-state index contributed by atoms with van der Waals surface area (Å²) >= 11 is 0. The SMILES string of the molecule is COC(=O)CC[N+]1(C)CCCCC1.[Br-]. The van der Waals surface area contributed by atoms with Crippen molar-refractivity contribution in [3.8, 4) is 0 Å². The van der Waals surface area contributed by atoms with Crippen LogP contribution in [0.1, 0.15) is 25.7 Å². The standard InChI is InChI=1S/C10H20NO2.BrH/c1-11(7-4-3-5-8-11)9-6-10(12)13-2;/h3-9H2,1-2H3;1H/q+1;/p-1. The predicted octanol–water partition coefficient (Wildman–Crippen LogP) is -1.82. The quantitative estimate of drug-likeness (QED) is 0.444. The van der Waals surface area contributed by atoms with Gasteiger partial charge < -0.3 is 26.2 Å². The van der Waals surface area contributed by atoms with Crippen LogP contribution in [-0.2, 0) is 9.53 Å². The maximum absolute atomic E-state index is 11.0. The average Bonchev–Trinajstić information content (AvgIpc) is 2.15. The summed E-state index contributed by atoms with van der Waals surface area (Å²) in [5.41, 5.74) is 0. The Labute approximate surface area is 96.8 Å². The molecule has 4 heteroatoms. The van der Waals surface area contributed by atoms with Crippen molar-refractivity contribution in [1.29, 1.82) is 0 Å². The molecule has 14 heavy (non-hydrogen) atoms. The third-order valence-electron chi connectivity index (χ3n) is 2.98. The van der Waals surface area contributed by atoms with E-state index in [0.29, 0.717) is 6.42 Å². The molecule has 0 bridgehead atoms. The summed E-state index contributed by atoms with van der Waals surface area (Å²) < 4.78 is 5.69. The number of methoxy groups -OCH3 is 1. The van der Waals surface area contributed by atoms with Crippen LogP contribution in [0.25, 0.3) is 0 Å². The van der Waals surface area contributed by atoms with Crippen molar-refractivity contribution in [2.75, 3.05) is 33.8 Å². The third kappa shape index (κ3) is 4.42. The zero-order valence-electron chi connectivity index (χ0n) is 9.09. The molecule has 0 aromatic rings. The number of carbonyl (C=O) groups excluding carboxylic acids is 1. The van der Waals surface area contributed by atoms with Gasteiger partial charge in [-0.3, -0.25) is 4.79 Å². The first kappa shape index (κ1) is 13.9. The van der Waals surface area contributed by atoms with Crippen LogP contribution in [0.2, 0.25) is 0 Å². The number of piperidine rings is 1. The van der Waals surface area contributed by atoms with Crippen molar-refractivity contribution < 1.29 is 31.0 Å². The predicted molar refractivity (Wildman–Crippen MR) is 51.3 cm³/mol. The number of hydrogen-bond donors (Lipinski definition) is 0. The van der Waals surface area contributed by atoms with E-state index < -0.39 is 0 Å². The molecule has 1 rings (SSSR count). The summed E-state index contributed by atoms with van der Waals surface area (Å²) in [5, 5.41) is 0. The number of carbonyl (C=O) groups is 1. The Hall–Kier alpha value is -0.0900. The lowest BCUT2D eigenvalue weighted by Crippen LogP contribution is -3.00.